The summed E-state index contributed by atoms with van der Waals surface area (Å²) < 4.78 is 0. The Morgan fingerprint density at radius 2 is 1.55 bits per heavy atom. The molecule has 0 aromatic heterocycles. The van der Waals surface area contributed by atoms with Crippen molar-refractivity contribution in [3.8, 4) is 0 Å². The molecule has 2 aromatic rings. The molecule has 0 atom stereocenters. The largest absolute Gasteiger partial charge is 0.103 e. The van der Waals surface area contributed by atoms with Crippen LogP contribution in [-0.2, 0) is 6.42 Å². The lowest BCUT2D eigenvalue weighted by atomic mass is 9.77. The Morgan fingerprint density at radius 1 is 0.909 bits per heavy atom. The number of rotatable bonds is 5. The van der Waals surface area contributed by atoms with Crippen molar-refractivity contribution in [2.24, 2.45) is 5.92 Å². The summed E-state index contributed by atoms with van der Waals surface area (Å²) in [6.07, 6.45) is 9.69. The van der Waals surface area contributed by atoms with E-state index in [0.29, 0.717) is 0 Å². The van der Waals surface area contributed by atoms with Crippen molar-refractivity contribution in [2.45, 2.75) is 44.4 Å². The van der Waals surface area contributed by atoms with Crippen molar-refractivity contribution in [1.82, 2.24) is 0 Å². The molecule has 0 nitrogen and oxygen atoms in total. The first kappa shape index (κ1) is 15.1. The number of hydrogen-bond donors (Lipinski definition) is 0. The smallest absolute Gasteiger partial charge is 0.00258 e. The van der Waals surface area contributed by atoms with Crippen LogP contribution in [0.3, 0.4) is 0 Å². The molecule has 0 N–H and O–H groups in total. The van der Waals surface area contributed by atoms with Crippen LogP contribution in [0.1, 0.15) is 54.7 Å². The van der Waals surface area contributed by atoms with Gasteiger partial charge in [0.15, 0.2) is 0 Å². The molecule has 2 aromatic carbocycles. The summed E-state index contributed by atoms with van der Waals surface area (Å²) in [5.41, 5.74) is 4.29. The van der Waals surface area contributed by atoms with Gasteiger partial charge >= 0.3 is 0 Å². The molecular weight excluding hydrogens is 264 g/mol. The van der Waals surface area contributed by atoms with Crippen LogP contribution in [-0.4, -0.2) is 0 Å². The molecule has 1 saturated carbocycles. The Hall–Kier alpha value is -1.82. The zero-order chi connectivity index (χ0) is 15.2. The molecule has 0 aliphatic heterocycles. The third kappa shape index (κ3) is 3.88. The molecular formula is C22H25. The second-order valence-corrected chi connectivity index (χ2v) is 6.57. The second kappa shape index (κ2) is 7.45. The molecule has 0 amide bonds. The van der Waals surface area contributed by atoms with Crippen LogP contribution in [0.5, 0.6) is 0 Å². The molecule has 1 aliphatic rings. The van der Waals surface area contributed by atoms with Gasteiger partial charge in [0.1, 0.15) is 0 Å². The molecule has 3 rings (SSSR count). The van der Waals surface area contributed by atoms with Crippen LogP contribution in [0, 0.1) is 12.0 Å². The molecule has 1 radical (unpaired) electrons. The fraction of sp³-hybridized carbons (Fsp3) is 0.364. The molecule has 0 saturated heterocycles. The normalized spacial score (nSPS) is 21.5. The summed E-state index contributed by atoms with van der Waals surface area (Å²) >= 11 is 0. The van der Waals surface area contributed by atoms with Crippen LogP contribution >= 0.6 is 0 Å². The topological polar surface area (TPSA) is 0 Å². The first-order chi connectivity index (χ1) is 10.8. The molecule has 0 unspecified atom stereocenters. The van der Waals surface area contributed by atoms with Crippen molar-refractivity contribution in [2.75, 3.05) is 0 Å². The minimum atomic E-state index is 0.765. The van der Waals surface area contributed by atoms with E-state index in [0.717, 1.165) is 18.3 Å². The number of benzene rings is 2. The lowest BCUT2D eigenvalue weighted by Gasteiger charge is -2.28. The predicted molar refractivity (Wildman–Crippen MR) is 94.0 cm³/mol. The van der Waals surface area contributed by atoms with Crippen molar-refractivity contribution in [3.63, 3.8) is 0 Å². The molecule has 0 spiro atoms. The van der Waals surface area contributed by atoms with Crippen molar-refractivity contribution in [1.29, 1.82) is 0 Å². The summed E-state index contributed by atoms with van der Waals surface area (Å²) in [4.78, 5) is 0. The standard InChI is InChI=1S/C22H25/c1-2-6-18-9-13-21(14-10-18)22-15-11-20(12-16-22)17-19-7-4-3-5-8-19/h2,4-5,7-8,11-12,15-16,18,21H,1,6,9-10,13-14,17H2. The average molecular weight is 289 g/mol. The van der Waals surface area contributed by atoms with Crippen molar-refractivity contribution < 1.29 is 0 Å². The Kier molecular flexibility index (Phi) is 5.11. The molecule has 1 aliphatic carbocycles. The minimum Gasteiger partial charge on any atom is -0.103 e. The summed E-state index contributed by atoms with van der Waals surface area (Å²) in [5.74, 6) is 1.64. The number of hydrogen-bond acceptors (Lipinski definition) is 0. The Morgan fingerprint density at radius 3 is 2.18 bits per heavy atom. The Bertz CT molecular complexity index is 571. The van der Waals surface area contributed by atoms with Gasteiger partial charge in [-0.25, -0.2) is 0 Å². The van der Waals surface area contributed by atoms with E-state index in [1.807, 2.05) is 12.1 Å². The van der Waals surface area contributed by atoms with Gasteiger partial charge in [0, 0.05) is 0 Å². The minimum absolute atomic E-state index is 0.765. The van der Waals surface area contributed by atoms with Gasteiger partial charge in [0.05, 0.1) is 0 Å². The first-order valence-electron chi connectivity index (χ1n) is 8.50. The summed E-state index contributed by atoms with van der Waals surface area (Å²) in [5, 5.41) is 0. The van der Waals surface area contributed by atoms with Gasteiger partial charge in [-0.05, 0) is 73.1 Å². The van der Waals surface area contributed by atoms with Crippen LogP contribution < -0.4 is 0 Å². The summed E-state index contributed by atoms with van der Waals surface area (Å²) in [7, 11) is 0. The highest BCUT2D eigenvalue weighted by atomic mass is 14.3. The third-order valence-corrected chi connectivity index (χ3v) is 4.99. The highest BCUT2D eigenvalue weighted by molar-refractivity contribution is 5.30. The van der Waals surface area contributed by atoms with Gasteiger partial charge in [-0.3, -0.25) is 0 Å². The molecule has 22 heavy (non-hydrogen) atoms. The molecule has 1 fully saturated rings. The Labute approximate surface area is 134 Å². The molecule has 0 bridgehead atoms. The lowest BCUT2D eigenvalue weighted by molar-refractivity contribution is 0.328. The van der Waals surface area contributed by atoms with Crippen molar-refractivity contribution in [3.05, 3.63) is 83.9 Å². The van der Waals surface area contributed by atoms with E-state index >= 15 is 0 Å². The average Bonchev–Trinajstić information content (AvgIpc) is 2.58. The van der Waals surface area contributed by atoms with E-state index in [2.05, 4.69) is 55.1 Å². The van der Waals surface area contributed by atoms with Crippen LogP contribution in [0.2, 0.25) is 0 Å². The van der Waals surface area contributed by atoms with E-state index in [4.69, 9.17) is 0 Å². The van der Waals surface area contributed by atoms with E-state index < -0.39 is 0 Å². The quantitative estimate of drug-likeness (QED) is 0.599. The van der Waals surface area contributed by atoms with Gasteiger partial charge in [-0.15, -0.1) is 6.58 Å². The molecule has 113 valence electrons. The van der Waals surface area contributed by atoms with Gasteiger partial charge < -0.3 is 0 Å². The van der Waals surface area contributed by atoms with Gasteiger partial charge in [-0.1, -0.05) is 54.6 Å². The van der Waals surface area contributed by atoms with Gasteiger partial charge in [0.25, 0.3) is 0 Å². The lowest BCUT2D eigenvalue weighted by Crippen LogP contribution is -2.12. The maximum absolute atomic E-state index is 3.87. The van der Waals surface area contributed by atoms with Crippen LogP contribution in [0.4, 0.5) is 0 Å². The van der Waals surface area contributed by atoms with E-state index in [1.54, 1.807) is 0 Å². The van der Waals surface area contributed by atoms with Crippen LogP contribution in [0.15, 0.2) is 61.2 Å². The maximum atomic E-state index is 3.87. The maximum Gasteiger partial charge on any atom is -0.00258 e. The zero-order valence-corrected chi connectivity index (χ0v) is 13.3. The summed E-state index contributed by atoms with van der Waals surface area (Å²) in [6.45, 7) is 3.87. The third-order valence-electron chi connectivity index (χ3n) is 4.99. The fourth-order valence-corrected chi connectivity index (χ4v) is 3.65. The molecule has 0 heterocycles. The second-order valence-electron chi connectivity index (χ2n) is 6.57. The number of allylic oxidation sites excluding steroid dienone is 1. The highest BCUT2D eigenvalue weighted by Gasteiger charge is 2.21. The van der Waals surface area contributed by atoms with E-state index in [-0.39, 0.29) is 0 Å². The SMILES string of the molecule is C=CCC1CCC(c2ccc(Cc3cc[c]cc3)cc2)CC1. The highest BCUT2D eigenvalue weighted by Crippen LogP contribution is 2.37. The monoisotopic (exact) mass is 289 g/mol. The predicted octanol–water partition coefficient (Wildman–Crippen LogP) is 5.93. The van der Waals surface area contributed by atoms with Gasteiger partial charge in [0.2, 0.25) is 0 Å². The summed E-state index contributed by atoms with van der Waals surface area (Å²) in [6, 6.07) is 20.7. The van der Waals surface area contributed by atoms with Crippen LogP contribution in [0.25, 0.3) is 0 Å². The molecule has 0 heteroatoms. The fourth-order valence-electron chi connectivity index (χ4n) is 3.65. The zero-order valence-electron chi connectivity index (χ0n) is 13.3. The van der Waals surface area contributed by atoms with Gasteiger partial charge in [-0.2, -0.15) is 0 Å². The van der Waals surface area contributed by atoms with E-state index in [1.165, 1.54) is 48.8 Å². The van der Waals surface area contributed by atoms with Crippen molar-refractivity contribution >= 4 is 0 Å². The van der Waals surface area contributed by atoms with E-state index in [9.17, 15) is 0 Å². The first-order valence-corrected chi connectivity index (χ1v) is 8.50. The Balaban J connectivity index is 1.59.